The van der Waals surface area contributed by atoms with Crippen molar-refractivity contribution in [2.24, 2.45) is 4.99 Å². The molecule has 0 atom stereocenters. The third-order valence-corrected chi connectivity index (χ3v) is 4.67. The number of thioether (sulfide) groups is 1. The summed E-state index contributed by atoms with van der Waals surface area (Å²) in [5, 5.41) is 14.5. The van der Waals surface area contributed by atoms with Crippen LogP contribution >= 0.6 is 23.4 Å². The molecule has 2 aromatic carbocycles. The summed E-state index contributed by atoms with van der Waals surface area (Å²) < 4.78 is 5.21. The summed E-state index contributed by atoms with van der Waals surface area (Å²) in [5.41, 5.74) is 0.871. The van der Waals surface area contributed by atoms with Crippen molar-refractivity contribution < 1.29 is 14.5 Å². The van der Waals surface area contributed by atoms with Crippen molar-refractivity contribution in [1.29, 1.82) is 0 Å². The molecular weight excluding hydrogens is 378 g/mol. The second-order valence-electron chi connectivity index (χ2n) is 5.12. The van der Waals surface area contributed by atoms with Crippen LogP contribution in [0.5, 0.6) is 5.75 Å². The molecule has 1 saturated heterocycles. The van der Waals surface area contributed by atoms with Crippen LogP contribution in [0.1, 0.15) is 5.56 Å². The number of rotatable bonds is 4. The first-order valence-electron chi connectivity index (χ1n) is 7.34. The number of ether oxygens (including phenoxy) is 1. The van der Waals surface area contributed by atoms with Crippen molar-refractivity contribution in [3.05, 3.63) is 68.1 Å². The number of benzene rings is 2. The molecule has 1 fully saturated rings. The Morgan fingerprint density at radius 1 is 1.31 bits per heavy atom. The van der Waals surface area contributed by atoms with Crippen LogP contribution in [0.3, 0.4) is 0 Å². The minimum absolute atomic E-state index is 0.0917. The van der Waals surface area contributed by atoms with Crippen molar-refractivity contribution in [3.63, 3.8) is 0 Å². The van der Waals surface area contributed by atoms with Crippen LogP contribution in [0.2, 0.25) is 5.02 Å². The Bertz CT molecular complexity index is 959. The molecule has 2 aromatic rings. The third-order valence-electron chi connectivity index (χ3n) is 3.44. The largest absolute Gasteiger partial charge is 0.496 e. The number of nitrogens with zero attached hydrogens (tertiary/aromatic N) is 2. The van der Waals surface area contributed by atoms with Gasteiger partial charge in [-0.2, -0.15) is 0 Å². The van der Waals surface area contributed by atoms with Crippen LogP contribution in [-0.2, 0) is 4.79 Å². The van der Waals surface area contributed by atoms with Gasteiger partial charge in [-0.05, 0) is 36.0 Å². The number of para-hydroxylation sites is 1. The average Bonchev–Trinajstić information content (AvgIpc) is 2.96. The van der Waals surface area contributed by atoms with E-state index in [0.29, 0.717) is 32.1 Å². The topological polar surface area (TPSA) is 93.8 Å². The lowest BCUT2D eigenvalue weighted by atomic mass is 10.1. The maximum atomic E-state index is 12.2. The molecule has 0 spiro atoms. The number of nitro groups is 1. The van der Waals surface area contributed by atoms with E-state index < -0.39 is 4.92 Å². The van der Waals surface area contributed by atoms with Crippen LogP contribution in [-0.4, -0.2) is 23.1 Å². The van der Waals surface area contributed by atoms with Crippen LogP contribution < -0.4 is 10.1 Å². The van der Waals surface area contributed by atoms with Crippen LogP contribution in [0.4, 0.5) is 11.4 Å². The van der Waals surface area contributed by atoms with E-state index in [9.17, 15) is 14.9 Å². The molecule has 0 bridgehead atoms. The fourth-order valence-electron chi connectivity index (χ4n) is 2.22. The molecule has 1 aliphatic heterocycles. The first-order valence-corrected chi connectivity index (χ1v) is 8.54. The molecule has 9 heteroatoms. The number of non-ortho nitro benzene ring substituents is 1. The molecule has 1 aliphatic rings. The summed E-state index contributed by atoms with van der Waals surface area (Å²) >= 11 is 7.18. The summed E-state index contributed by atoms with van der Waals surface area (Å²) in [6, 6.07) is 11.2. The molecule has 0 unspecified atom stereocenters. The summed E-state index contributed by atoms with van der Waals surface area (Å²) in [6.07, 6.45) is 1.53. The highest BCUT2D eigenvalue weighted by Crippen LogP contribution is 2.33. The van der Waals surface area contributed by atoms with E-state index in [2.05, 4.69) is 10.3 Å². The number of amides is 1. The lowest BCUT2D eigenvalue weighted by Gasteiger charge is -2.04. The Balaban J connectivity index is 1.93. The number of amidine groups is 1. The van der Waals surface area contributed by atoms with Crippen LogP contribution in [0.15, 0.2) is 52.4 Å². The smallest absolute Gasteiger partial charge is 0.270 e. The summed E-state index contributed by atoms with van der Waals surface area (Å²) in [4.78, 5) is 27.3. The number of hydrogen-bond donors (Lipinski definition) is 1. The average molecular weight is 390 g/mol. The molecule has 7 nitrogen and oxygen atoms in total. The fraction of sp³-hybridized carbons (Fsp3) is 0.0588. The molecule has 0 radical (unpaired) electrons. The molecule has 26 heavy (non-hydrogen) atoms. The molecule has 3 rings (SSSR count). The number of nitro benzene ring substituents is 1. The lowest BCUT2D eigenvalue weighted by Crippen LogP contribution is -2.19. The zero-order valence-corrected chi connectivity index (χ0v) is 15.0. The zero-order valence-electron chi connectivity index (χ0n) is 13.4. The van der Waals surface area contributed by atoms with E-state index in [1.54, 1.807) is 24.3 Å². The monoisotopic (exact) mass is 389 g/mol. The van der Waals surface area contributed by atoms with Gasteiger partial charge >= 0.3 is 0 Å². The molecule has 1 N–H and O–H groups in total. The number of aliphatic imine (C=N–C) groups is 1. The van der Waals surface area contributed by atoms with Crippen molar-refractivity contribution >= 4 is 51.9 Å². The summed E-state index contributed by atoms with van der Waals surface area (Å²) in [7, 11) is 1.45. The lowest BCUT2D eigenvalue weighted by molar-refractivity contribution is -0.384. The molecule has 0 aliphatic carbocycles. The highest BCUT2D eigenvalue weighted by molar-refractivity contribution is 8.18. The number of carbonyl (C=O) groups excluding carboxylic acids is 1. The van der Waals surface area contributed by atoms with Crippen molar-refractivity contribution in [3.8, 4) is 5.75 Å². The van der Waals surface area contributed by atoms with E-state index in [0.717, 1.165) is 11.8 Å². The van der Waals surface area contributed by atoms with Crippen LogP contribution in [0, 0.1) is 10.1 Å². The maximum Gasteiger partial charge on any atom is 0.270 e. The van der Waals surface area contributed by atoms with Gasteiger partial charge in [0.15, 0.2) is 5.17 Å². The molecule has 0 saturated carbocycles. The van der Waals surface area contributed by atoms with Crippen molar-refractivity contribution in [2.45, 2.75) is 0 Å². The molecule has 132 valence electrons. The Kier molecular flexibility index (Phi) is 5.24. The highest BCUT2D eigenvalue weighted by Gasteiger charge is 2.25. The first-order chi connectivity index (χ1) is 12.5. The number of nitrogens with one attached hydrogen (secondary N) is 1. The Morgan fingerprint density at radius 2 is 2.08 bits per heavy atom. The number of carbonyl (C=O) groups is 1. The standard InChI is InChI=1S/C17H12ClN3O4S/c1-25-14-7-6-11(21(23)24)8-10(14)9-15-16(22)20-17(26-15)19-13-5-3-2-4-12(13)18/h2-9H,1H3,(H,19,20,22)/b15-9-. The SMILES string of the molecule is COc1ccc([N+](=O)[O-])cc1/C=C1\SC(=Nc2ccccc2Cl)NC1=O. The van der Waals surface area contributed by atoms with Gasteiger partial charge in [0.05, 0.1) is 27.6 Å². The van der Waals surface area contributed by atoms with Gasteiger partial charge in [0.1, 0.15) is 5.75 Å². The zero-order chi connectivity index (χ0) is 18.7. The highest BCUT2D eigenvalue weighted by atomic mass is 35.5. The second-order valence-corrected chi connectivity index (χ2v) is 6.55. The minimum atomic E-state index is -0.506. The van der Waals surface area contributed by atoms with Gasteiger partial charge < -0.3 is 10.1 Å². The van der Waals surface area contributed by atoms with Gasteiger partial charge in [0.25, 0.3) is 11.6 Å². The van der Waals surface area contributed by atoms with Gasteiger partial charge in [-0.25, -0.2) is 4.99 Å². The van der Waals surface area contributed by atoms with Crippen molar-refractivity contribution in [1.82, 2.24) is 5.32 Å². The number of methoxy groups -OCH3 is 1. The predicted octanol–water partition coefficient (Wildman–Crippen LogP) is 4.15. The molecule has 1 heterocycles. The van der Waals surface area contributed by atoms with E-state index in [1.807, 2.05) is 0 Å². The maximum absolute atomic E-state index is 12.2. The summed E-state index contributed by atoms with van der Waals surface area (Å²) in [6.45, 7) is 0. The van der Waals surface area contributed by atoms with E-state index in [-0.39, 0.29) is 11.6 Å². The van der Waals surface area contributed by atoms with Gasteiger partial charge in [0.2, 0.25) is 0 Å². The predicted molar refractivity (Wildman–Crippen MR) is 102 cm³/mol. The third kappa shape index (κ3) is 3.87. The van der Waals surface area contributed by atoms with Gasteiger partial charge in [-0.15, -0.1) is 0 Å². The minimum Gasteiger partial charge on any atom is -0.496 e. The number of halogens is 1. The van der Waals surface area contributed by atoms with E-state index >= 15 is 0 Å². The van der Waals surface area contributed by atoms with Gasteiger partial charge in [-0.3, -0.25) is 14.9 Å². The normalized spacial score (nSPS) is 16.8. The van der Waals surface area contributed by atoms with E-state index in [1.165, 1.54) is 31.4 Å². The second kappa shape index (κ2) is 7.59. The first kappa shape index (κ1) is 18.0. The van der Waals surface area contributed by atoms with Gasteiger partial charge in [0, 0.05) is 17.7 Å². The molecular formula is C17H12ClN3O4S. The van der Waals surface area contributed by atoms with E-state index in [4.69, 9.17) is 16.3 Å². The molecule has 1 amide bonds. The number of hydrogen-bond acceptors (Lipinski definition) is 6. The van der Waals surface area contributed by atoms with Crippen LogP contribution in [0.25, 0.3) is 6.08 Å². The van der Waals surface area contributed by atoms with Crippen molar-refractivity contribution in [2.75, 3.05) is 7.11 Å². The van der Waals surface area contributed by atoms with Gasteiger partial charge in [-0.1, -0.05) is 23.7 Å². The summed E-state index contributed by atoms with van der Waals surface area (Å²) in [5.74, 6) is 0.0716. The molecule has 0 aromatic heterocycles. The Hall–Kier alpha value is -2.84. The fourth-order valence-corrected chi connectivity index (χ4v) is 3.23. The quantitative estimate of drug-likeness (QED) is 0.481. The Morgan fingerprint density at radius 3 is 2.77 bits per heavy atom. The Labute approximate surface area is 157 Å².